The quantitative estimate of drug-likeness (QED) is 0.653. The molecule has 1 aromatic rings. The van der Waals surface area contributed by atoms with Crippen LogP contribution in [0.15, 0.2) is 24.5 Å². The number of likely N-dealkylation sites (tertiary alicyclic amines) is 2. The fourth-order valence-electron chi connectivity index (χ4n) is 5.37. The highest BCUT2D eigenvalue weighted by Crippen LogP contribution is 2.25. The molecular weight excluding hydrogens is 376 g/mol. The average molecular weight is 415 g/mol. The van der Waals surface area contributed by atoms with Gasteiger partial charge in [0.05, 0.1) is 5.92 Å². The fraction of sp³-hybridized carbons (Fsp3) is 0.739. The fourth-order valence-corrected chi connectivity index (χ4v) is 5.37. The first-order valence-electron chi connectivity index (χ1n) is 11.7. The standard InChI is InChI=1S/C23H38N6O/c1-17-22(18(2)27-26-17)14-25-23(30)20-6-4-10-29(16-20)21-7-11-28(12-8-21)15-19-5-3-9-24-13-19/h3,5,9,13,17-18,20-22,26-27H,4,6-8,10-12,14-16H2,1-2H3,(H,25,30). The lowest BCUT2D eigenvalue weighted by atomic mass is 9.92. The van der Waals surface area contributed by atoms with Crippen LogP contribution in [0.4, 0.5) is 0 Å². The first-order chi connectivity index (χ1) is 14.6. The summed E-state index contributed by atoms with van der Waals surface area (Å²) < 4.78 is 0. The molecule has 0 bridgehead atoms. The number of hydrogen-bond donors (Lipinski definition) is 3. The molecular formula is C23H38N6O. The molecule has 0 spiro atoms. The maximum atomic E-state index is 12.9. The van der Waals surface area contributed by atoms with Gasteiger partial charge in [0.15, 0.2) is 0 Å². The predicted octanol–water partition coefficient (Wildman–Crippen LogP) is 1.38. The molecule has 0 radical (unpaired) electrons. The maximum absolute atomic E-state index is 12.9. The third-order valence-corrected chi connectivity index (χ3v) is 7.36. The summed E-state index contributed by atoms with van der Waals surface area (Å²) in [5.74, 6) is 0.831. The molecule has 0 aromatic carbocycles. The lowest BCUT2D eigenvalue weighted by Gasteiger charge is -2.42. The molecule has 1 aromatic heterocycles. The van der Waals surface area contributed by atoms with E-state index in [1.54, 1.807) is 0 Å². The second kappa shape index (κ2) is 10.2. The van der Waals surface area contributed by atoms with Gasteiger partial charge in [-0.25, -0.2) is 0 Å². The average Bonchev–Trinajstić information content (AvgIpc) is 3.10. The Morgan fingerprint density at radius 2 is 1.93 bits per heavy atom. The van der Waals surface area contributed by atoms with E-state index in [0.717, 1.165) is 52.1 Å². The Morgan fingerprint density at radius 3 is 2.63 bits per heavy atom. The van der Waals surface area contributed by atoms with Crippen LogP contribution in [-0.4, -0.2) is 71.5 Å². The number of piperidine rings is 2. The smallest absolute Gasteiger partial charge is 0.224 e. The van der Waals surface area contributed by atoms with Crippen LogP contribution in [-0.2, 0) is 11.3 Å². The van der Waals surface area contributed by atoms with Gasteiger partial charge >= 0.3 is 0 Å². The summed E-state index contributed by atoms with van der Waals surface area (Å²) in [7, 11) is 0. The molecule has 7 heteroatoms. The first-order valence-corrected chi connectivity index (χ1v) is 11.7. The van der Waals surface area contributed by atoms with Crippen LogP contribution in [0.5, 0.6) is 0 Å². The second-order valence-corrected chi connectivity index (χ2v) is 9.48. The van der Waals surface area contributed by atoms with Crippen molar-refractivity contribution in [2.24, 2.45) is 11.8 Å². The first kappa shape index (κ1) is 21.7. The summed E-state index contributed by atoms with van der Waals surface area (Å²) in [5.41, 5.74) is 7.84. The molecule has 3 N–H and O–H groups in total. The van der Waals surface area contributed by atoms with Gasteiger partial charge in [-0.2, -0.15) is 0 Å². The van der Waals surface area contributed by atoms with Gasteiger partial charge in [-0.3, -0.25) is 30.4 Å². The third-order valence-electron chi connectivity index (χ3n) is 7.36. The van der Waals surface area contributed by atoms with E-state index in [1.165, 1.54) is 18.4 Å². The van der Waals surface area contributed by atoms with Gasteiger partial charge < -0.3 is 5.32 Å². The van der Waals surface area contributed by atoms with Crippen LogP contribution in [0.25, 0.3) is 0 Å². The molecule has 166 valence electrons. The SMILES string of the molecule is CC1NNC(C)C1CNC(=O)C1CCCN(C2CCN(Cc3cccnc3)CC2)C1. The number of nitrogens with one attached hydrogen (secondary N) is 3. The van der Waals surface area contributed by atoms with Gasteiger partial charge in [0.25, 0.3) is 0 Å². The van der Waals surface area contributed by atoms with Gasteiger partial charge in [-0.1, -0.05) is 6.07 Å². The van der Waals surface area contributed by atoms with Crippen LogP contribution in [0.1, 0.15) is 45.1 Å². The largest absolute Gasteiger partial charge is 0.355 e. The molecule has 3 aliphatic heterocycles. The van der Waals surface area contributed by atoms with E-state index in [-0.39, 0.29) is 11.8 Å². The van der Waals surface area contributed by atoms with Gasteiger partial charge in [0.1, 0.15) is 0 Å². The van der Waals surface area contributed by atoms with Crippen molar-refractivity contribution in [3.05, 3.63) is 30.1 Å². The van der Waals surface area contributed by atoms with E-state index in [0.29, 0.717) is 24.0 Å². The lowest BCUT2D eigenvalue weighted by Crippen LogP contribution is -2.51. The zero-order valence-corrected chi connectivity index (χ0v) is 18.5. The summed E-state index contributed by atoms with van der Waals surface area (Å²) >= 11 is 0. The number of carbonyl (C=O) groups excluding carboxylic acids is 1. The van der Waals surface area contributed by atoms with E-state index in [1.807, 2.05) is 18.5 Å². The van der Waals surface area contributed by atoms with Crippen molar-refractivity contribution in [2.75, 3.05) is 32.7 Å². The van der Waals surface area contributed by atoms with Crippen molar-refractivity contribution < 1.29 is 4.79 Å². The molecule has 3 saturated heterocycles. The Morgan fingerprint density at radius 1 is 1.17 bits per heavy atom. The summed E-state index contributed by atoms with van der Waals surface area (Å²) in [6.45, 7) is 10.4. The molecule has 4 heterocycles. The van der Waals surface area contributed by atoms with Gasteiger partial charge in [0.2, 0.25) is 5.91 Å². The molecule has 3 unspecified atom stereocenters. The van der Waals surface area contributed by atoms with Crippen LogP contribution in [0.2, 0.25) is 0 Å². The molecule has 3 atom stereocenters. The number of nitrogens with zero attached hydrogens (tertiary/aromatic N) is 3. The van der Waals surface area contributed by atoms with E-state index in [4.69, 9.17) is 0 Å². The van der Waals surface area contributed by atoms with Crippen molar-refractivity contribution in [1.82, 2.24) is 31.0 Å². The Hall–Kier alpha value is -1.54. The Balaban J connectivity index is 1.21. The van der Waals surface area contributed by atoms with Gasteiger partial charge in [0, 0.05) is 56.1 Å². The summed E-state index contributed by atoms with van der Waals surface area (Å²) in [5, 5.41) is 3.25. The molecule has 7 nitrogen and oxygen atoms in total. The highest BCUT2D eigenvalue weighted by molar-refractivity contribution is 5.79. The lowest BCUT2D eigenvalue weighted by molar-refractivity contribution is -0.127. The second-order valence-electron chi connectivity index (χ2n) is 9.48. The Labute approximate surface area is 181 Å². The highest BCUT2D eigenvalue weighted by atomic mass is 16.1. The summed E-state index contributed by atoms with van der Waals surface area (Å²) in [6.07, 6.45) is 8.36. The molecule has 4 rings (SSSR count). The van der Waals surface area contributed by atoms with Gasteiger partial charge in [-0.15, -0.1) is 0 Å². The van der Waals surface area contributed by atoms with Crippen LogP contribution in [0.3, 0.4) is 0 Å². The van der Waals surface area contributed by atoms with E-state index < -0.39 is 0 Å². The van der Waals surface area contributed by atoms with Crippen molar-refractivity contribution in [3.8, 4) is 0 Å². The summed E-state index contributed by atoms with van der Waals surface area (Å²) in [4.78, 5) is 22.2. The zero-order valence-electron chi connectivity index (χ0n) is 18.5. The van der Waals surface area contributed by atoms with Crippen LogP contribution < -0.4 is 16.2 Å². The number of amides is 1. The molecule has 0 aliphatic carbocycles. The predicted molar refractivity (Wildman–Crippen MR) is 119 cm³/mol. The molecule has 3 aliphatic rings. The Bertz CT molecular complexity index is 668. The molecule has 30 heavy (non-hydrogen) atoms. The molecule has 0 saturated carbocycles. The number of pyridine rings is 1. The minimum atomic E-state index is 0.139. The summed E-state index contributed by atoms with van der Waals surface area (Å²) in [6, 6.07) is 5.57. The minimum absolute atomic E-state index is 0.139. The van der Waals surface area contributed by atoms with Crippen molar-refractivity contribution in [3.63, 3.8) is 0 Å². The van der Waals surface area contributed by atoms with Gasteiger partial charge in [-0.05, 0) is 70.8 Å². The van der Waals surface area contributed by atoms with Crippen LogP contribution in [0, 0.1) is 11.8 Å². The number of rotatable bonds is 6. The van der Waals surface area contributed by atoms with Crippen molar-refractivity contribution >= 4 is 5.91 Å². The van der Waals surface area contributed by atoms with E-state index in [9.17, 15) is 4.79 Å². The van der Waals surface area contributed by atoms with E-state index in [2.05, 4.69) is 50.9 Å². The number of carbonyl (C=O) groups is 1. The third kappa shape index (κ3) is 5.38. The number of hydrazine groups is 1. The number of hydrogen-bond acceptors (Lipinski definition) is 6. The topological polar surface area (TPSA) is 72.5 Å². The molecule has 3 fully saturated rings. The minimum Gasteiger partial charge on any atom is -0.355 e. The van der Waals surface area contributed by atoms with Crippen molar-refractivity contribution in [1.29, 1.82) is 0 Å². The Kier molecular flexibility index (Phi) is 7.36. The maximum Gasteiger partial charge on any atom is 0.224 e. The van der Waals surface area contributed by atoms with Crippen molar-refractivity contribution in [2.45, 2.75) is 64.2 Å². The highest BCUT2D eigenvalue weighted by Gasteiger charge is 2.33. The normalized spacial score (nSPS) is 31.7. The zero-order chi connectivity index (χ0) is 20.9. The number of aromatic nitrogens is 1. The van der Waals surface area contributed by atoms with E-state index >= 15 is 0 Å². The van der Waals surface area contributed by atoms with Crippen LogP contribution >= 0.6 is 0 Å². The molecule has 1 amide bonds. The monoisotopic (exact) mass is 414 g/mol.